The van der Waals surface area contributed by atoms with E-state index in [2.05, 4.69) is 26.1 Å². The Balaban J connectivity index is 3.27. The van der Waals surface area contributed by atoms with Crippen molar-refractivity contribution in [3.05, 3.63) is 0 Å². The molecule has 3 heteroatoms. The van der Waals surface area contributed by atoms with Gasteiger partial charge in [0.25, 0.3) is 0 Å². The molecular formula is C35H71NO2. The molecule has 3 nitrogen and oxygen atoms in total. The second-order valence-electron chi connectivity index (χ2n) is 12.2. The van der Waals surface area contributed by atoms with E-state index in [1.807, 2.05) is 0 Å². The van der Waals surface area contributed by atoms with Gasteiger partial charge in [-0.05, 0) is 19.8 Å². The van der Waals surface area contributed by atoms with Crippen molar-refractivity contribution in [1.82, 2.24) is 5.32 Å². The monoisotopic (exact) mass is 538 g/mol. The number of nitrogens with one attached hydrogen (secondary N) is 1. The molecule has 0 heterocycles. The van der Waals surface area contributed by atoms with Gasteiger partial charge in [-0.2, -0.15) is 0 Å². The summed E-state index contributed by atoms with van der Waals surface area (Å²) in [7, 11) is 0. The van der Waals surface area contributed by atoms with Gasteiger partial charge < -0.3 is 10.1 Å². The highest BCUT2D eigenvalue weighted by Crippen LogP contribution is 2.15. The van der Waals surface area contributed by atoms with Gasteiger partial charge >= 0.3 is 6.09 Å². The minimum Gasteiger partial charge on any atom is -0.450 e. The third-order valence-corrected chi connectivity index (χ3v) is 8.09. The smallest absolute Gasteiger partial charge is 0.407 e. The highest BCUT2D eigenvalue weighted by molar-refractivity contribution is 5.67. The molecule has 38 heavy (non-hydrogen) atoms. The maximum atomic E-state index is 12.0. The number of ether oxygens (including phenoxy) is 1. The van der Waals surface area contributed by atoms with E-state index in [9.17, 15) is 4.79 Å². The van der Waals surface area contributed by atoms with Crippen LogP contribution in [0.1, 0.15) is 207 Å². The standard InChI is InChI=1S/C35H71NO2/c1-4-6-8-10-12-14-16-18-20-22-24-26-28-30-32-34(3)36-35(37)38-33-31-29-27-25-23-21-19-17-15-13-11-9-7-5-2/h34H,4-33H2,1-3H3,(H,36,37). The predicted octanol–water partition coefficient (Wildman–Crippen LogP) is 12.5. The molecule has 0 rings (SSSR count). The summed E-state index contributed by atoms with van der Waals surface area (Å²) in [6.45, 7) is 7.24. The highest BCUT2D eigenvalue weighted by atomic mass is 16.5. The summed E-state index contributed by atoms with van der Waals surface area (Å²) in [6.07, 6.45) is 39.1. The predicted molar refractivity (Wildman–Crippen MR) is 169 cm³/mol. The SMILES string of the molecule is CCCCCCCCCCCCCCCCOC(=O)NC(C)CCCCCCCCCCCCCCCC. The van der Waals surface area contributed by atoms with E-state index in [4.69, 9.17) is 4.74 Å². The summed E-state index contributed by atoms with van der Waals surface area (Å²) < 4.78 is 5.39. The summed E-state index contributed by atoms with van der Waals surface area (Å²) in [4.78, 5) is 12.0. The zero-order valence-corrected chi connectivity index (χ0v) is 26.6. The molecule has 1 N–H and O–H groups in total. The lowest BCUT2D eigenvalue weighted by atomic mass is 10.0. The molecule has 0 spiro atoms. The normalized spacial score (nSPS) is 12.1. The van der Waals surface area contributed by atoms with E-state index < -0.39 is 0 Å². The number of carbonyl (C=O) groups excluding carboxylic acids is 1. The first-order valence-corrected chi connectivity index (χ1v) is 17.6. The Morgan fingerprint density at radius 1 is 0.474 bits per heavy atom. The Labute approximate surface area is 240 Å². The van der Waals surface area contributed by atoms with Crippen molar-refractivity contribution in [1.29, 1.82) is 0 Å². The molecule has 1 unspecified atom stereocenters. The fraction of sp³-hybridized carbons (Fsp3) is 0.971. The van der Waals surface area contributed by atoms with E-state index in [1.54, 1.807) is 0 Å². The minimum absolute atomic E-state index is 0.219. The zero-order valence-electron chi connectivity index (χ0n) is 26.6. The molecule has 0 saturated heterocycles. The summed E-state index contributed by atoms with van der Waals surface area (Å²) in [5, 5.41) is 3.01. The van der Waals surface area contributed by atoms with E-state index in [1.165, 1.54) is 173 Å². The lowest BCUT2D eigenvalue weighted by Crippen LogP contribution is -2.33. The Bertz CT molecular complexity index is 453. The molecule has 1 atom stereocenters. The molecule has 0 radical (unpaired) electrons. The third-order valence-electron chi connectivity index (χ3n) is 8.09. The summed E-state index contributed by atoms with van der Waals surface area (Å²) in [5.41, 5.74) is 0. The van der Waals surface area contributed by atoms with Gasteiger partial charge in [0.1, 0.15) is 0 Å². The van der Waals surface area contributed by atoms with Crippen molar-refractivity contribution in [2.24, 2.45) is 0 Å². The Hall–Kier alpha value is -0.730. The van der Waals surface area contributed by atoms with Crippen LogP contribution in [-0.2, 0) is 4.74 Å². The van der Waals surface area contributed by atoms with E-state index in [0.29, 0.717) is 6.61 Å². The van der Waals surface area contributed by atoms with Gasteiger partial charge in [0.15, 0.2) is 0 Å². The van der Waals surface area contributed by atoms with Gasteiger partial charge in [0.2, 0.25) is 0 Å². The topological polar surface area (TPSA) is 38.3 Å². The van der Waals surface area contributed by atoms with Crippen LogP contribution in [0, 0.1) is 0 Å². The maximum Gasteiger partial charge on any atom is 0.407 e. The molecule has 228 valence electrons. The van der Waals surface area contributed by atoms with Crippen LogP contribution in [-0.4, -0.2) is 18.7 Å². The third kappa shape index (κ3) is 31.5. The molecule has 0 saturated carbocycles. The molecule has 0 aliphatic heterocycles. The Morgan fingerprint density at radius 3 is 1.11 bits per heavy atom. The van der Waals surface area contributed by atoms with Gasteiger partial charge in [-0.15, -0.1) is 0 Å². The van der Waals surface area contributed by atoms with Crippen LogP contribution in [0.15, 0.2) is 0 Å². The van der Waals surface area contributed by atoms with E-state index in [0.717, 1.165) is 12.8 Å². The number of amides is 1. The average Bonchev–Trinajstić information content (AvgIpc) is 2.91. The quantitative estimate of drug-likeness (QED) is 0.0893. The second-order valence-corrected chi connectivity index (χ2v) is 12.2. The van der Waals surface area contributed by atoms with Crippen LogP contribution >= 0.6 is 0 Å². The fourth-order valence-electron chi connectivity index (χ4n) is 5.42. The molecule has 0 aromatic carbocycles. The summed E-state index contributed by atoms with van der Waals surface area (Å²) in [5.74, 6) is 0. The van der Waals surface area contributed by atoms with Crippen LogP contribution in [0.3, 0.4) is 0 Å². The molecule has 0 aliphatic rings. The Kier molecular flexibility index (Phi) is 31.9. The van der Waals surface area contributed by atoms with Crippen LogP contribution in [0.4, 0.5) is 4.79 Å². The van der Waals surface area contributed by atoms with Crippen LogP contribution in [0.5, 0.6) is 0 Å². The molecule has 0 aromatic rings. The highest BCUT2D eigenvalue weighted by Gasteiger charge is 2.07. The zero-order chi connectivity index (χ0) is 27.8. The van der Waals surface area contributed by atoms with E-state index >= 15 is 0 Å². The second kappa shape index (κ2) is 32.5. The number of hydrogen-bond acceptors (Lipinski definition) is 2. The summed E-state index contributed by atoms with van der Waals surface area (Å²) >= 11 is 0. The van der Waals surface area contributed by atoms with Crippen molar-refractivity contribution in [3.8, 4) is 0 Å². The summed E-state index contributed by atoms with van der Waals surface area (Å²) in [6, 6.07) is 0.219. The lowest BCUT2D eigenvalue weighted by molar-refractivity contribution is 0.140. The van der Waals surface area contributed by atoms with Crippen LogP contribution in [0.25, 0.3) is 0 Å². The number of hydrogen-bond donors (Lipinski definition) is 1. The lowest BCUT2D eigenvalue weighted by Gasteiger charge is -2.14. The molecule has 0 aliphatic carbocycles. The first-order chi connectivity index (χ1) is 18.7. The molecule has 1 amide bonds. The number of rotatable bonds is 31. The van der Waals surface area contributed by atoms with Crippen molar-refractivity contribution >= 4 is 6.09 Å². The van der Waals surface area contributed by atoms with Gasteiger partial charge in [-0.1, -0.05) is 187 Å². The van der Waals surface area contributed by atoms with E-state index in [-0.39, 0.29) is 12.1 Å². The average molecular weight is 538 g/mol. The van der Waals surface area contributed by atoms with Gasteiger partial charge in [-0.25, -0.2) is 4.79 Å². The fourth-order valence-corrected chi connectivity index (χ4v) is 5.42. The first-order valence-electron chi connectivity index (χ1n) is 17.6. The van der Waals surface area contributed by atoms with Gasteiger partial charge in [0, 0.05) is 6.04 Å². The Morgan fingerprint density at radius 2 is 0.763 bits per heavy atom. The van der Waals surface area contributed by atoms with Gasteiger partial charge in [0.05, 0.1) is 6.61 Å². The first kappa shape index (κ1) is 37.3. The number of unbranched alkanes of at least 4 members (excludes halogenated alkanes) is 26. The van der Waals surface area contributed by atoms with Crippen molar-refractivity contribution in [2.75, 3.05) is 6.61 Å². The van der Waals surface area contributed by atoms with Crippen molar-refractivity contribution in [2.45, 2.75) is 213 Å². The van der Waals surface area contributed by atoms with Gasteiger partial charge in [-0.3, -0.25) is 0 Å². The molecule has 0 bridgehead atoms. The molecule has 0 fully saturated rings. The maximum absolute atomic E-state index is 12.0. The van der Waals surface area contributed by atoms with Crippen LogP contribution < -0.4 is 5.32 Å². The minimum atomic E-state index is -0.224. The molecule has 0 aromatic heterocycles. The van der Waals surface area contributed by atoms with Crippen LogP contribution in [0.2, 0.25) is 0 Å². The number of alkyl carbamates (subject to hydrolysis) is 1. The van der Waals surface area contributed by atoms with Crippen molar-refractivity contribution < 1.29 is 9.53 Å². The largest absolute Gasteiger partial charge is 0.450 e. The number of carbonyl (C=O) groups is 1. The van der Waals surface area contributed by atoms with Crippen molar-refractivity contribution in [3.63, 3.8) is 0 Å². The molecular weight excluding hydrogens is 466 g/mol.